The van der Waals surface area contributed by atoms with Crippen LogP contribution in [0.3, 0.4) is 0 Å². The van der Waals surface area contributed by atoms with Crippen LogP contribution in [0.1, 0.15) is 51.4 Å². The number of thiophene rings is 1. The Morgan fingerprint density at radius 2 is 1.84 bits per heavy atom. The standard InChI is InChI=1S/C14H17NO3S/c16-12(10-3-4-11(19-10)13(17)18)15-8-7-14(9-15)5-1-2-6-14/h3-4H,1-2,5-9H2,(H,17,18). The average molecular weight is 279 g/mol. The molecule has 1 aliphatic carbocycles. The highest BCUT2D eigenvalue weighted by Crippen LogP contribution is 2.45. The molecule has 1 aromatic heterocycles. The lowest BCUT2D eigenvalue weighted by Gasteiger charge is -2.23. The van der Waals surface area contributed by atoms with E-state index in [-0.39, 0.29) is 10.8 Å². The summed E-state index contributed by atoms with van der Waals surface area (Å²) in [6.45, 7) is 1.67. The molecule has 1 saturated heterocycles. The predicted molar refractivity (Wildman–Crippen MR) is 72.7 cm³/mol. The molecule has 0 atom stereocenters. The van der Waals surface area contributed by atoms with Crippen molar-refractivity contribution in [3.05, 3.63) is 21.9 Å². The molecule has 102 valence electrons. The van der Waals surface area contributed by atoms with Gasteiger partial charge in [-0.2, -0.15) is 0 Å². The second-order valence-corrected chi connectivity index (χ2v) is 6.74. The second-order valence-electron chi connectivity index (χ2n) is 5.65. The van der Waals surface area contributed by atoms with Gasteiger partial charge in [-0.1, -0.05) is 12.8 Å². The fraction of sp³-hybridized carbons (Fsp3) is 0.571. The van der Waals surface area contributed by atoms with Crippen LogP contribution in [0.2, 0.25) is 0 Å². The molecular weight excluding hydrogens is 262 g/mol. The number of nitrogens with zero attached hydrogens (tertiary/aromatic N) is 1. The zero-order valence-electron chi connectivity index (χ0n) is 10.7. The molecule has 1 amide bonds. The van der Waals surface area contributed by atoms with Gasteiger partial charge in [-0.05, 0) is 36.8 Å². The van der Waals surface area contributed by atoms with Gasteiger partial charge in [0.2, 0.25) is 0 Å². The number of amides is 1. The van der Waals surface area contributed by atoms with Gasteiger partial charge in [-0.15, -0.1) is 11.3 Å². The van der Waals surface area contributed by atoms with E-state index in [1.807, 2.05) is 4.90 Å². The minimum absolute atomic E-state index is 0.00118. The zero-order chi connectivity index (χ0) is 13.5. The molecule has 1 aliphatic heterocycles. The van der Waals surface area contributed by atoms with Crippen LogP contribution in [0.5, 0.6) is 0 Å². The van der Waals surface area contributed by atoms with E-state index in [0.717, 1.165) is 30.8 Å². The SMILES string of the molecule is O=C(O)c1ccc(C(=O)N2CCC3(CCCC3)C2)s1. The summed E-state index contributed by atoms with van der Waals surface area (Å²) in [5.41, 5.74) is 0.364. The molecule has 0 radical (unpaired) electrons. The number of likely N-dealkylation sites (tertiary alicyclic amines) is 1. The minimum Gasteiger partial charge on any atom is -0.477 e. The van der Waals surface area contributed by atoms with E-state index in [1.54, 1.807) is 6.07 Å². The number of aromatic carboxylic acids is 1. The first-order valence-electron chi connectivity index (χ1n) is 6.72. The molecular formula is C14H17NO3S. The lowest BCUT2D eigenvalue weighted by molar-refractivity contribution is 0.0701. The Morgan fingerprint density at radius 1 is 1.16 bits per heavy atom. The van der Waals surface area contributed by atoms with Crippen molar-refractivity contribution in [2.24, 2.45) is 5.41 Å². The van der Waals surface area contributed by atoms with Crippen LogP contribution in [-0.4, -0.2) is 35.0 Å². The van der Waals surface area contributed by atoms with E-state index < -0.39 is 5.97 Å². The van der Waals surface area contributed by atoms with Gasteiger partial charge in [0.25, 0.3) is 5.91 Å². The van der Waals surface area contributed by atoms with Crippen molar-refractivity contribution >= 4 is 23.2 Å². The maximum Gasteiger partial charge on any atom is 0.345 e. The van der Waals surface area contributed by atoms with Crippen LogP contribution in [0.15, 0.2) is 12.1 Å². The molecule has 1 saturated carbocycles. The molecule has 5 heteroatoms. The van der Waals surface area contributed by atoms with Crippen LogP contribution in [-0.2, 0) is 0 Å². The smallest absolute Gasteiger partial charge is 0.345 e. The summed E-state index contributed by atoms with van der Waals surface area (Å²) in [6.07, 6.45) is 6.15. The van der Waals surface area contributed by atoms with Crippen molar-refractivity contribution in [2.45, 2.75) is 32.1 Å². The molecule has 2 heterocycles. The molecule has 0 aromatic carbocycles. The van der Waals surface area contributed by atoms with Gasteiger partial charge < -0.3 is 10.0 Å². The Kier molecular flexibility index (Phi) is 3.09. The lowest BCUT2D eigenvalue weighted by Crippen LogP contribution is -2.30. The van der Waals surface area contributed by atoms with Crippen LogP contribution in [0.4, 0.5) is 0 Å². The third-order valence-corrected chi connectivity index (χ3v) is 5.48. The Bertz CT molecular complexity index is 517. The predicted octanol–water partition coefficient (Wildman–Crippen LogP) is 2.85. The molecule has 2 aliphatic rings. The molecule has 3 rings (SSSR count). The van der Waals surface area contributed by atoms with E-state index in [2.05, 4.69) is 0 Å². The van der Waals surface area contributed by atoms with E-state index >= 15 is 0 Å². The summed E-state index contributed by atoms with van der Waals surface area (Å²) in [7, 11) is 0. The number of rotatable bonds is 2. The second kappa shape index (κ2) is 4.63. The van der Waals surface area contributed by atoms with Crippen molar-refractivity contribution in [1.82, 2.24) is 4.90 Å². The minimum atomic E-state index is -0.960. The van der Waals surface area contributed by atoms with E-state index in [0.29, 0.717) is 10.3 Å². The van der Waals surface area contributed by atoms with Gasteiger partial charge in [0.1, 0.15) is 4.88 Å². The number of carbonyl (C=O) groups is 2. The van der Waals surface area contributed by atoms with Gasteiger partial charge in [0.15, 0.2) is 0 Å². The fourth-order valence-corrected chi connectivity index (χ4v) is 4.18. The molecule has 1 spiro atoms. The molecule has 19 heavy (non-hydrogen) atoms. The summed E-state index contributed by atoms with van der Waals surface area (Å²) >= 11 is 1.08. The van der Waals surface area contributed by atoms with Crippen molar-refractivity contribution in [3.8, 4) is 0 Å². The van der Waals surface area contributed by atoms with Crippen LogP contribution in [0.25, 0.3) is 0 Å². The molecule has 0 unspecified atom stereocenters. The quantitative estimate of drug-likeness (QED) is 0.905. The molecule has 0 bridgehead atoms. The summed E-state index contributed by atoms with van der Waals surface area (Å²) in [6, 6.07) is 3.15. The Balaban J connectivity index is 1.72. The monoisotopic (exact) mass is 279 g/mol. The first kappa shape index (κ1) is 12.7. The topological polar surface area (TPSA) is 57.6 Å². The highest BCUT2D eigenvalue weighted by atomic mass is 32.1. The highest BCUT2D eigenvalue weighted by Gasteiger charge is 2.42. The van der Waals surface area contributed by atoms with Gasteiger partial charge in [-0.25, -0.2) is 4.79 Å². The van der Waals surface area contributed by atoms with Gasteiger partial charge in [0.05, 0.1) is 4.88 Å². The average Bonchev–Trinajstić information content (AvgIpc) is 3.11. The third kappa shape index (κ3) is 2.27. The van der Waals surface area contributed by atoms with Crippen LogP contribution in [0, 0.1) is 5.41 Å². The number of hydrogen-bond acceptors (Lipinski definition) is 3. The molecule has 4 nitrogen and oxygen atoms in total. The number of carboxylic acid groups (broad SMARTS) is 1. The van der Waals surface area contributed by atoms with E-state index in [1.165, 1.54) is 31.7 Å². The number of carbonyl (C=O) groups excluding carboxylic acids is 1. The summed E-state index contributed by atoms with van der Waals surface area (Å²) in [4.78, 5) is 25.9. The first-order chi connectivity index (χ1) is 9.10. The number of hydrogen-bond donors (Lipinski definition) is 1. The zero-order valence-corrected chi connectivity index (χ0v) is 11.5. The Morgan fingerprint density at radius 3 is 2.47 bits per heavy atom. The van der Waals surface area contributed by atoms with Crippen LogP contribution < -0.4 is 0 Å². The first-order valence-corrected chi connectivity index (χ1v) is 7.54. The lowest BCUT2D eigenvalue weighted by atomic mass is 9.86. The molecule has 1 N–H and O–H groups in total. The Hall–Kier alpha value is -1.36. The number of carboxylic acids is 1. The van der Waals surface area contributed by atoms with Crippen molar-refractivity contribution in [2.75, 3.05) is 13.1 Å². The largest absolute Gasteiger partial charge is 0.477 e. The van der Waals surface area contributed by atoms with E-state index in [9.17, 15) is 9.59 Å². The van der Waals surface area contributed by atoms with Gasteiger partial charge in [0, 0.05) is 13.1 Å². The summed E-state index contributed by atoms with van der Waals surface area (Å²) in [5.74, 6) is -0.959. The van der Waals surface area contributed by atoms with Gasteiger partial charge in [-0.3, -0.25) is 4.79 Å². The van der Waals surface area contributed by atoms with Crippen molar-refractivity contribution in [1.29, 1.82) is 0 Å². The Labute approximate surface area is 116 Å². The van der Waals surface area contributed by atoms with Gasteiger partial charge >= 0.3 is 5.97 Å². The summed E-state index contributed by atoms with van der Waals surface area (Å²) in [5, 5.41) is 8.90. The maximum atomic E-state index is 12.4. The fourth-order valence-electron chi connectivity index (χ4n) is 3.37. The van der Waals surface area contributed by atoms with Crippen molar-refractivity contribution in [3.63, 3.8) is 0 Å². The highest BCUT2D eigenvalue weighted by molar-refractivity contribution is 7.15. The molecule has 2 fully saturated rings. The maximum absolute atomic E-state index is 12.4. The normalized spacial score (nSPS) is 21.2. The van der Waals surface area contributed by atoms with Crippen LogP contribution >= 0.6 is 11.3 Å². The summed E-state index contributed by atoms with van der Waals surface area (Å²) < 4.78 is 0. The molecule has 1 aromatic rings. The van der Waals surface area contributed by atoms with Crippen molar-refractivity contribution < 1.29 is 14.7 Å². The van der Waals surface area contributed by atoms with E-state index in [4.69, 9.17) is 5.11 Å². The third-order valence-electron chi connectivity index (χ3n) is 4.42.